The zero-order chi connectivity index (χ0) is 26.1. The van der Waals surface area contributed by atoms with Crippen molar-refractivity contribution in [1.82, 2.24) is 0 Å². The highest BCUT2D eigenvalue weighted by atomic mass is 32.1. The fraction of sp³-hybridized carbons (Fsp3) is 0.250. The van der Waals surface area contributed by atoms with Gasteiger partial charge in [0.05, 0.1) is 11.5 Å². The second-order valence-electron chi connectivity index (χ2n) is 8.95. The molecule has 1 aliphatic carbocycles. The van der Waals surface area contributed by atoms with Gasteiger partial charge in [-0.25, -0.2) is 0 Å². The molecule has 2 heterocycles. The van der Waals surface area contributed by atoms with Gasteiger partial charge >= 0.3 is 5.97 Å². The van der Waals surface area contributed by atoms with E-state index in [9.17, 15) is 24.5 Å². The maximum absolute atomic E-state index is 14.2. The summed E-state index contributed by atoms with van der Waals surface area (Å²) in [6.45, 7) is 1.83. The van der Waals surface area contributed by atoms with Crippen LogP contribution in [-0.2, 0) is 19.1 Å². The first-order valence-corrected chi connectivity index (χ1v) is 12.9. The molecule has 37 heavy (non-hydrogen) atoms. The first-order valence-electron chi connectivity index (χ1n) is 12.0. The zero-order valence-electron chi connectivity index (χ0n) is 20.0. The number of hydrogen-bond donors (Lipinski definition) is 0. The molecule has 8 nitrogen and oxygen atoms in total. The van der Waals surface area contributed by atoms with Crippen molar-refractivity contribution in [3.05, 3.63) is 104 Å². The minimum absolute atomic E-state index is 0.0557. The lowest BCUT2D eigenvalue weighted by Crippen LogP contribution is -2.46. The van der Waals surface area contributed by atoms with Crippen molar-refractivity contribution in [3.63, 3.8) is 0 Å². The summed E-state index contributed by atoms with van der Waals surface area (Å²) in [7, 11) is 0. The number of nitrogens with zero attached hydrogens (tertiary/aromatic N) is 2. The monoisotopic (exact) mass is 516 g/mol. The van der Waals surface area contributed by atoms with E-state index in [1.807, 2.05) is 35.7 Å². The number of ketones is 1. The van der Waals surface area contributed by atoms with Crippen molar-refractivity contribution in [3.8, 4) is 0 Å². The van der Waals surface area contributed by atoms with Gasteiger partial charge in [0.15, 0.2) is 5.78 Å². The first kappa shape index (κ1) is 24.6. The number of carbonyl (C=O) groups excluding carboxylic acids is 3. The molecule has 1 aliphatic heterocycles. The van der Waals surface area contributed by atoms with Crippen LogP contribution in [-0.4, -0.2) is 29.2 Å². The molecule has 0 spiro atoms. The summed E-state index contributed by atoms with van der Waals surface area (Å²) in [5.41, 5.74) is 1.87. The number of anilines is 1. The van der Waals surface area contributed by atoms with Crippen LogP contribution in [0.3, 0.4) is 0 Å². The summed E-state index contributed by atoms with van der Waals surface area (Å²) in [4.78, 5) is 54.4. The molecule has 3 aromatic rings. The number of benzene rings is 2. The van der Waals surface area contributed by atoms with Gasteiger partial charge in [-0.3, -0.25) is 29.4 Å². The lowest BCUT2D eigenvalue weighted by atomic mass is 9.69. The molecular formula is C28H24N2O6S. The highest BCUT2D eigenvalue weighted by Crippen LogP contribution is 2.50. The molecule has 0 radical (unpaired) electrons. The van der Waals surface area contributed by atoms with Gasteiger partial charge in [-0.1, -0.05) is 36.4 Å². The molecule has 0 N–H and O–H groups in total. The van der Waals surface area contributed by atoms with Crippen molar-refractivity contribution in [2.45, 2.75) is 31.6 Å². The van der Waals surface area contributed by atoms with Gasteiger partial charge in [0, 0.05) is 52.2 Å². The average Bonchev–Trinajstić information content (AvgIpc) is 3.43. The van der Waals surface area contributed by atoms with Crippen LogP contribution in [0.2, 0.25) is 0 Å². The minimum atomic E-state index is -1.07. The average molecular weight is 517 g/mol. The second kappa shape index (κ2) is 10.1. The van der Waals surface area contributed by atoms with E-state index in [0.29, 0.717) is 22.5 Å². The Bertz CT molecular complexity index is 1400. The Balaban J connectivity index is 1.72. The molecule has 9 heteroatoms. The SMILES string of the molecule is CCOC(=O)C1C(=O)C2=C(CC1c1cccs1)N(c1ccccc1)C(=O)CC2c1cccc([N+](=O)[O-])c1. The van der Waals surface area contributed by atoms with Gasteiger partial charge in [0.25, 0.3) is 5.69 Å². The van der Waals surface area contributed by atoms with Crippen LogP contribution in [0.1, 0.15) is 42.0 Å². The second-order valence-corrected chi connectivity index (χ2v) is 9.93. The molecule has 3 unspecified atom stereocenters. The van der Waals surface area contributed by atoms with Crippen LogP contribution in [0.4, 0.5) is 11.4 Å². The number of carbonyl (C=O) groups is 3. The Kier molecular flexibility index (Phi) is 6.71. The summed E-state index contributed by atoms with van der Waals surface area (Å²) in [5, 5.41) is 13.4. The molecule has 2 aliphatic rings. The van der Waals surface area contributed by atoms with Crippen molar-refractivity contribution in [2.24, 2.45) is 5.92 Å². The Morgan fingerprint density at radius 3 is 2.54 bits per heavy atom. The van der Waals surface area contributed by atoms with Crippen molar-refractivity contribution < 1.29 is 24.0 Å². The largest absolute Gasteiger partial charge is 0.465 e. The van der Waals surface area contributed by atoms with Gasteiger partial charge in [-0.05, 0) is 42.5 Å². The minimum Gasteiger partial charge on any atom is -0.465 e. The number of non-ortho nitro benzene ring substituents is 1. The first-order chi connectivity index (χ1) is 17.9. The summed E-state index contributed by atoms with van der Waals surface area (Å²) in [5.74, 6) is -3.48. The summed E-state index contributed by atoms with van der Waals surface area (Å²) < 4.78 is 5.34. The van der Waals surface area contributed by atoms with E-state index in [-0.39, 0.29) is 31.0 Å². The number of Topliss-reactive ketones (excluding diaryl/α,β-unsaturated/α-hetero) is 1. The van der Waals surface area contributed by atoms with Gasteiger partial charge in [-0.2, -0.15) is 0 Å². The van der Waals surface area contributed by atoms with Crippen LogP contribution in [0.15, 0.2) is 83.4 Å². The van der Waals surface area contributed by atoms with Crippen LogP contribution in [0.25, 0.3) is 0 Å². The van der Waals surface area contributed by atoms with Gasteiger partial charge < -0.3 is 4.74 Å². The van der Waals surface area contributed by atoms with E-state index < -0.39 is 34.4 Å². The number of hydrogen-bond acceptors (Lipinski definition) is 7. The number of para-hydroxylation sites is 1. The zero-order valence-corrected chi connectivity index (χ0v) is 20.9. The molecule has 0 saturated carbocycles. The number of thiophene rings is 1. The molecule has 5 rings (SSSR count). The molecule has 0 fully saturated rings. The molecule has 0 bridgehead atoms. The Morgan fingerprint density at radius 2 is 1.86 bits per heavy atom. The number of nitro groups is 1. The maximum atomic E-state index is 14.2. The summed E-state index contributed by atoms with van der Waals surface area (Å²) in [6.07, 6.45) is 0.219. The topological polar surface area (TPSA) is 107 Å². The van der Waals surface area contributed by atoms with Crippen molar-refractivity contribution in [1.29, 1.82) is 0 Å². The third-order valence-electron chi connectivity index (χ3n) is 6.87. The Hall–Kier alpha value is -4.11. The Labute approximate surface area is 217 Å². The number of amides is 1. The predicted octanol–water partition coefficient (Wildman–Crippen LogP) is 5.37. The predicted molar refractivity (Wildman–Crippen MR) is 138 cm³/mol. The molecular weight excluding hydrogens is 492 g/mol. The van der Waals surface area contributed by atoms with Crippen LogP contribution >= 0.6 is 11.3 Å². The lowest BCUT2D eigenvalue weighted by Gasteiger charge is -2.42. The number of esters is 1. The molecule has 0 saturated heterocycles. The maximum Gasteiger partial charge on any atom is 0.317 e. The molecule has 1 aromatic heterocycles. The Morgan fingerprint density at radius 1 is 1.08 bits per heavy atom. The van der Waals surface area contributed by atoms with Crippen LogP contribution < -0.4 is 4.90 Å². The highest BCUT2D eigenvalue weighted by molar-refractivity contribution is 7.10. The van der Waals surface area contributed by atoms with E-state index >= 15 is 0 Å². The standard InChI is InChI=1S/C28H24N2O6S/c1-2-36-28(33)26-21(23-12-7-13-37-23)15-22-25(27(26)32)20(17-8-6-11-19(14-17)30(34)35)16-24(31)29(22)18-9-4-3-5-10-18/h3-14,20-21,26H,2,15-16H2,1H3. The van der Waals surface area contributed by atoms with E-state index in [1.165, 1.54) is 23.5 Å². The fourth-order valence-electron chi connectivity index (χ4n) is 5.32. The molecule has 1 amide bonds. The van der Waals surface area contributed by atoms with E-state index in [1.54, 1.807) is 36.1 Å². The van der Waals surface area contributed by atoms with Crippen LogP contribution in [0, 0.1) is 16.0 Å². The lowest BCUT2D eigenvalue weighted by molar-refractivity contribution is -0.384. The number of ether oxygens (including phenoxy) is 1. The normalized spacial score (nSPS) is 21.5. The summed E-state index contributed by atoms with van der Waals surface area (Å²) in [6, 6.07) is 18.8. The van der Waals surface area contributed by atoms with Gasteiger partial charge in [0.2, 0.25) is 5.91 Å². The third-order valence-corrected chi connectivity index (χ3v) is 7.87. The smallest absolute Gasteiger partial charge is 0.317 e. The fourth-order valence-corrected chi connectivity index (χ4v) is 6.18. The van der Waals surface area contributed by atoms with E-state index in [4.69, 9.17) is 4.74 Å². The molecule has 2 aromatic carbocycles. The molecule has 188 valence electrons. The van der Waals surface area contributed by atoms with Gasteiger partial charge in [-0.15, -0.1) is 11.3 Å². The third kappa shape index (κ3) is 4.46. The highest BCUT2D eigenvalue weighted by Gasteiger charge is 2.50. The van der Waals surface area contributed by atoms with Crippen LogP contribution in [0.5, 0.6) is 0 Å². The summed E-state index contributed by atoms with van der Waals surface area (Å²) >= 11 is 1.45. The molecule has 3 atom stereocenters. The number of allylic oxidation sites excluding steroid dienone is 2. The van der Waals surface area contributed by atoms with Crippen molar-refractivity contribution in [2.75, 3.05) is 11.5 Å². The van der Waals surface area contributed by atoms with Crippen molar-refractivity contribution >= 4 is 40.4 Å². The van der Waals surface area contributed by atoms with E-state index in [0.717, 1.165) is 4.88 Å². The number of rotatable bonds is 6. The number of nitro benzene ring substituents is 1. The van der Waals surface area contributed by atoms with Gasteiger partial charge in [0.1, 0.15) is 5.92 Å². The van der Waals surface area contributed by atoms with E-state index in [2.05, 4.69) is 0 Å². The quantitative estimate of drug-likeness (QED) is 0.189.